The van der Waals surface area contributed by atoms with Crippen LogP contribution in [0.15, 0.2) is 77.8 Å². The number of benzene rings is 2. The molecule has 124 valence electrons. The second-order valence-corrected chi connectivity index (χ2v) is 6.19. The lowest BCUT2D eigenvalue weighted by molar-refractivity contribution is 0.315. The smallest absolute Gasteiger partial charge is 0.143 e. The van der Waals surface area contributed by atoms with Crippen molar-refractivity contribution in [2.24, 2.45) is 0 Å². The molecule has 0 radical (unpaired) electrons. The van der Waals surface area contributed by atoms with Gasteiger partial charge >= 0.3 is 0 Å². The molecule has 5 rings (SSSR count). The Morgan fingerprint density at radius 3 is 2.58 bits per heavy atom. The van der Waals surface area contributed by atoms with Crippen LogP contribution in [0, 0.1) is 0 Å². The molecule has 0 amide bonds. The highest BCUT2D eigenvalue weighted by Crippen LogP contribution is 2.33. The fourth-order valence-electron chi connectivity index (χ4n) is 3.32. The number of rotatable bonds is 3. The Hall–Kier alpha value is -3.60. The zero-order valence-corrected chi connectivity index (χ0v) is 13.8. The predicted molar refractivity (Wildman–Crippen MR) is 99.6 cm³/mol. The summed E-state index contributed by atoms with van der Waals surface area (Å²) in [6.07, 6.45) is 6.28. The molecule has 0 N–H and O–H groups in total. The van der Waals surface area contributed by atoms with E-state index in [0.717, 1.165) is 39.5 Å². The van der Waals surface area contributed by atoms with Gasteiger partial charge in [0.05, 0.1) is 5.52 Å². The first-order chi connectivity index (χ1) is 12.9. The van der Waals surface area contributed by atoms with Crippen LogP contribution in [-0.2, 0) is 6.42 Å². The molecule has 0 aliphatic rings. The van der Waals surface area contributed by atoms with Crippen LogP contribution in [0.5, 0.6) is 0 Å². The third kappa shape index (κ3) is 2.50. The van der Waals surface area contributed by atoms with E-state index in [0.29, 0.717) is 0 Å². The molecule has 5 aromatic rings. The van der Waals surface area contributed by atoms with Gasteiger partial charge in [-0.25, -0.2) is 4.63 Å². The quantitative estimate of drug-likeness (QED) is 0.487. The maximum absolute atomic E-state index is 4.94. The molecule has 0 atom stereocenters. The third-order valence-corrected chi connectivity index (χ3v) is 4.50. The lowest BCUT2D eigenvalue weighted by Gasteiger charge is -2.10. The van der Waals surface area contributed by atoms with Gasteiger partial charge in [-0.2, -0.15) is 0 Å². The Labute approximate surface area is 149 Å². The Balaban J connectivity index is 1.74. The average Bonchev–Trinajstić information content (AvgIpc) is 3.17. The van der Waals surface area contributed by atoms with Gasteiger partial charge in [-0.1, -0.05) is 18.2 Å². The molecule has 0 unspecified atom stereocenters. The molecule has 3 aromatic heterocycles. The van der Waals surface area contributed by atoms with Crippen LogP contribution < -0.4 is 0 Å². The molecular weight excluding hydrogens is 324 g/mol. The summed E-state index contributed by atoms with van der Waals surface area (Å²) in [4.78, 5) is 8.70. The van der Waals surface area contributed by atoms with E-state index < -0.39 is 0 Å². The van der Waals surface area contributed by atoms with Gasteiger partial charge in [0.15, 0.2) is 0 Å². The first-order valence-corrected chi connectivity index (χ1v) is 8.37. The number of fused-ring (bicyclic) bond motifs is 2. The highest BCUT2D eigenvalue weighted by molar-refractivity contribution is 6.01. The van der Waals surface area contributed by atoms with Crippen molar-refractivity contribution in [3.8, 4) is 11.1 Å². The van der Waals surface area contributed by atoms with Crippen LogP contribution in [0.2, 0.25) is 0 Å². The van der Waals surface area contributed by atoms with Crippen LogP contribution >= 0.6 is 0 Å². The standard InChI is InChI=1S/C21H14N4O/c1-4-17(21-19(5-1)24-26-25-21)18-13-15(11-14-6-9-22-10-7-14)12-16-3-2-8-23-20(16)18/h1-10,12-13H,11H2. The van der Waals surface area contributed by atoms with Gasteiger partial charge < -0.3 is 0 Å². The zero-order valence-electron chi connectivity index (χ0n) is 13.8. The Morgan fingerprint density at radius 2 is 1.65 bits per heavy atom. The normalized spacial score (nSPS) is 11.2. The summed E-state index contributed by atoms with van der Waals surface area (Å²) in [6.45, 7) is 0. The van der Waals surface area contributed by atoms with E-state index in [1.54, 1.807) is 0 Å². The fourth-order valence-corrected chi connectivity index (χ4v) is 3.32. The van der Waals surface area contributed by atoms with Crippen LogP contribution in [0.25, 0.3) is 33.1 Å². The second kappa shape index (κ2) is 6.04. The zero-order chi connectivity index (χ0) is 17.3. The summed E-state index contributed by atoms with van der Waals surface area (Å²) in [5.41, 5.74) is 6.88. The van der Waals surface area contributed by atoms with E-state index in [9.17, 15) is 0 Å². The van der Waals surface area contributed by atoms with Crippen molar-refractivity contribution in [2.45, 2.75) is 6.42 Å². The molecule has 2 aromatic carbocycles. The topological polar surface area (TPSA) is 64.7 Å². The minimum Gasteiger partial charge on any atom is -0.265 e. The predicted octanol–water partition coefficient (Wildman–Crippen LogP) is 4.42. The highest BCUT2D eigenvalue weighted by atomic mass is 16.6. The second-order valence-electron chi connectivity index (χ2n) is 6.19. The summed E-state index contributed by atoms with van der Waals surface area (Å²) < 4.78 is 4.94. The molecule has 0 fully saturated rings. The van der Waals surface area contributed by atoms with Gasteiger partial charge in [0.2, 0.25) is 0 Å². The highest BCUT2D eigenvalue weighted by Gasteiger charge is 2.13. The van der Waals surface area contributed by atoms with Crippen LogP contribution in [0.1, 0.15) is 11.1 Å². The molecule has 3 heterocycles. The van der Waals surface area contributed by atoms with E-state index in [4.69, 9.17) is 4.63 Å². The largest absolute Gasteiger partial charge is 0.265 e. The van der Waals surface area contributed by atoms with E-state index in [2.05, 4.69) is 38.5 Å². The van der Waals surface area contributed by atoms with Crippen molar-refractivity contribution in [1.82, 2.24) is 20.3 Å². The number of aromatic nitrogens is 4. The molecule has 5 nitrogen and oxygen atoms in total. The van der Waals surface area contributed by atoms with E-state index in [1.807, 2.05) is 55.0 Å². The van der Waals surface area contributed by atoms with Crippen LogP contribution in [0.4, 0.5) is 0 Å². The van der Waals surface area contributed by atoms with Gasteiger partial charge in [0.25, 0.3) is 0 Å². The Morgan fingerprint density at radius 1 is 0.731 bits per heavy atom. The van der Waals surface area contributed by atoms with Crippen molar-refractivity contribution in [3.05, 3.63) is 84.3 Å². The van der Waals surface area contributed by atoms with Crippen LogP contribution in [0.3, 0.4) is 0 Å². The SMILES string of the molecule is c1cnc2c(-c3cccc4nonc34)cc(Cc3ccncc3)cc2c1. The summed E-state index contributed by atoms with van der Waals surface area (Å²) in [5.74, 6) is 0. The van der Waals surface area contributed by atoms with Crippen molar-refractivity contribution >= 4 is 21.9 Å². The van der Waals surface area contributed by atoms with Crippen molar-refractivity contribution in [3.63, 3.8) is 0 Å². The van der Waals surface area contributed by atoms with E-state index >= 15 is 0 Å². The molecule has 0 saturated carbocycles. The summed E-state index contributed by atoms with van der Waals surface area (Å²) in [7, 11) is 0. The van der Waals surface area contributed by atoms with Crippen molar-refractivity contribution in [2.75, 3.05) is 0 Å². The molecule has 26 heavy (non-hydrogen) atoms. The Kier molecular flexibility index (Phi) is 3.42. The minimum atomic E-state index is 0.742. The van der Waals surface area contributed by atoms with Crippen LogP contribution in [-0.4, -0.2) is 20.3 Å². The minimum absolute atomic E-state index is 0.742. The summed E-state index contributed by atoms with van der Waals surface area (Å²) in [5, 5.41) is 9.15. The molecule has 0 spiro atoms. The van der Waals surface area contributed by atoms with E-state index in [1.165, 1.54) is 11.1 Å². The molecule has 0 aliphatic carbocycles. The molecule has 5 heteroatoms. The van der Waals surface area contributed by atoms with Crippen molar-refractivity contribution in [1.29, 1.82) is 0 Å². The molecule has 0 bridgehead atoms. The number of hydrogen-bond acceptors (Lipinski definition) is 5. The maximum atomic E-state index is 4.94. The summed E-state index contributed by atoms with van der Waals surface area (Å²) >= 11 is 0. The lowest BCUT2D eigenvalue weighted by atomic mass is 9.95. The first kappa shape index (κ1) is 14.7. The molecule has 0 aliphatic heterocycles. The van der Waals surface area contributed by atoms with E-state index in [-0.39, 0.29) is 0 Å². The van der Waals surface area contributed by atoms with Gasteiger partial charge in [-0.15, -0.1) is 0 Å². The van der Waals surface area contributed by atoms with Gasteiger partial charge in [0.1, 0.15) is 11.0 Å². The molecule has 0 saturated heterocycles. The fraction of sp³-hybridized carbons (Fsp3) is 0.0476. The van der Waals surface area contributed by atoms with Crippen molar-refractivity contribution < 1.29 is 4.63 Å². The number of hydrogen-bond donors (Lipinski definition) is 0. The monoisotopic (exact) mass is 338 g/mol. The maximum Gasteiger partial charge on any atom is 0.143 e. The molecular formula is C21H14N4O. The number of nitrogens with zero attached hydrogens (tertiary/aromatic N) is 4. The van der Waals surface area contributed by atoms with Gasteiger partial charge in [-0.3, -0.25) is 9.97 Å². The van der Waals surface area contributed by atoms with Gasteiger partial charge in [-0.05, 0) is 64.3 Å². The van der Waals surface area contributed by atoms with Gasteiger partial charge in [0, 0.05) is 35.1 Å². The summed E-state index contributed by atoms with van der Waals surface area (Å²) in [6, 6.07) is 18.4. The number of pyridine rings is 2. The lowest BCUT2D eigenvalue weighted by Crippen LogP contribution is -1.93. The average molecular weight is 338 g/mol. The first-order valence-electron chi connectivity index (χ1n) is 8.37. The third-order valence-electron chi connectivity index (χ3n) is 4.50. The Bertz CT molecular complexity index is 1210.